The summed E-state index contributed by atoms with van der Waals surface area (Å²) in [6.45, 7) is 6.26. The standard InChI is InChI=1S/C18H27FN2O3S/c1-13(2)21-12-17(24-3)18(21)14-7-9-20(10-8-14)25(22,23)16-6-4-5-15(19)11-16/h4-6,11,13-14,17-18H,7-10,12H2,1-3H3/t17-,18-/m0/s1. The molecule has 140 valence electrons. The summed E-state index contributed by atoms with van der Waals surface area (Å²) >= 11 is 0. The molecule has 2 fully saturated rings. The fraction of sp³-hybridized carbons (Fsp3) is 0.667. The van der Waals surface area contributed by atoms with E-state index in [9.17, 15) is 12.8 Å². The SMILES string of the molecule is CO[C@H]1CN(C(C)C)[C@H]1C1CCN(S(=O)(=O)c2cccc(F)c2)CC1. The maximum atomic E-state index is 13.4. The molecule has 0 aliphatic carbocycles. The Morgan fingerprint density at radius 3 is 2.48 bits per heavy atom. The molecule has 0 unspecified atom stereocenters. The van der Waals surface area contributed by atoms with Crippen LogP contribution in [0.5, 0.6) is 0 Å². The summed E-state index contributed by atoms with van der Waals surface area (Å²) in [5.41, 5.74) is 0. The van der Waals surface area contributed by atoms with Crippen molar-refractivity contribution in [3.8, 4) is 0 Å². The smallest absolute Gasteiger partial charge is 0.243 e. The third kappa shape index (κ3) is 3.60. The van der Waals surface area contributed by atoms with Crippen molar-refractivity contribution in [2.75, 3.05) is 26.7 Å². The Labute approximate surface area is 149 Å². The van der Waals surface area contributed by atoms with Crippen LogP contribution in [0, 0.1) is 11.7 Å². The van der Waals surface area contributed by atoms with Crippen molar-refractivity contribution in [1.82, 2.24) is 9.21 Å². The van der Waals surface area contributed by atoms with E-state index in [1.54, 1.807) is 7.11 Å². The molecular formula is C18H27FN2O3S. The van der Waals surface area contributed by atoms with Gasteiger partial charge in [-0.1, -0.05) is 6.07 Å². The molecule has 2 atom stereocenters. The Morgan fingerprint density at radius 2 is 1.92 bits per heavy atom. The fourth-order valence-electron chi connectivity index (χ4n) is 4.09. The second-order valence-corrected chi connectivity index (χ2v) is 9.19. The monoisotopic (exact) mass is 370 g/mol. The van der Waals surface area contributed by atoms with E-state index in [-0.39, 0.29) is 11.0 Å². The van der Waals surface area contributed by atoms with Gasteiger partial charge in [-0.05, 0) is 50.8 Å². The van der Waals surface area contributed by atoms with Gasteiger partial charge in [0.2, 0.25) is 10.0 Å². The zero-order valence-corrected chi connectivity index (χ0v) is 15.9. The zero-order valence-electron chi connectivity index (χ0n) is 15.1. The molecule has 2 aliphatic rings. The van der Waals surface area contributed by atoms with E-state index in [2.05, 4.69) is 18.7 Å². The fourth-order valence-corrected chi connectivity index (χ4v) is 5.59. The van der Waals surface area contributed by atoms with E-state index in [4.69, 9.17) is 4.74 Å². The largest absolute Gasteiger partial charge is 0.378 e. The van der Waals surface area contributed by atoms with E-state index < -0.39 is 15.8 Å². The number of likely N-dealkylation sites (tertiary alicyclic amines) is 1. The molecule has 0 amide bonds. The van der Waals surface area contributed by atoms with E-state index in [0.717, 1.165) is 25.5 Å². The first-order valence-electron chi connectivity index (χ1n) is 8.89. The number of rotatable bonds is 5. The minimum atomic E-state index is -3.62. The van der Waals surface area contributed by atoms with Crippen molar-refractivity contribution in [2.45, 2.75) is 49.8 Å². The number of hydrogen-bond donors (Lipinski definition) is 0. The van der Waals surface area contributed by atoms with Gasteiger partial charge >= 0.3 is 0 Å². The average molecular weight is 370 g/mol. The van der Waals surface area contributed by atoms with E-state index >= 15 is 0 Å². The molecule has 25 heavy (non-hydrogen) atoms. The van der Waals surface area contributed by atoms with Crippen LogP contribution in [-0.4, -0.2) is 62.6 Å². The Balaban J connectivity index is 1.67. The molecule has 0 spiro atoms. The van der Waals surface area contributed by atoms with Crippen molar-refractivity contribution in [3.63, 3.8) is 0 Å². The van der Waals surface area contributed by atoms with E-state index in [1.807, 2.05) is 0 Å². The van der Waals surface area contributed by atoms with Gasteiger partial charge in [0.25, 0.3) is 0 Å². The lowest BCUT2D eigenvalue weighted by molar-refractivity contribution is -0.127. The molecule has 5 nitrogen and oxygen atoms in total. The normalized spacial score (nSPS) is 26.8. The highest BCUT2D eigenvalue weighted by Gasteiger charge is 2.46. The summed E-state index contributed by atoms with van der Waals surface area (Å²) < 4.78 is 45.9. The Morgan fingerprint density at radius 1 is 1.24 bits per heavy atom. The van der Waals surface area contributed by atoms with Crippen LogP contribution < -0.4 is 0 Å². The quantitative estimate of drug-likeness (QED) is 0.798. The number of ether oxygens (including phenoxy) is 1. The molecule has 0 saturated carbocycles. The molecule has 3 rings (SSSR count). The molecule has 1 aromatic carbocycles. The zero-order chi connectivity index (χ0) is 18.2. The van der Waals surface area contributed by atoms with Crippen LogP contribution in [0.1, 0.15) is 26.7 Å². The number of hydrogen-bond acceptors (Lipinski definition) is 4. The van der Waals surface area contributed by atoms with Crippen molar-refractivity contribution in [2.24, 2.45) is 5.92 Å². The van der Waals surface area contributed by atoms with Gasteiger partial charge in [0.1, 0.15) is 5.82 Å². The van der Waals surface area contributed by atoms with E-state index in [1.165, 1.54) is 22.5 Å². The lowest BCUT2D eigenvalue weighted by Gasteiger charge is -2.54. The summed E-state index contributed by atoms with van der Waals surface area (Å²) in [6, 6.07) is 6.07. The minimum Gasteiger partial charge on any atom is -0.378 e. The van der Waals surface area contributed by atoms with Gasteiger partial charge in [-0.15, -0.1) is 0 Å². The topological polar surface area (TPSA) is 49.9 Å². The van der Waals surface area contributed by atoms with Crippen LogP contribution in [0.25, 0.3) is 0 Å². The number of nitrogens with zero attached hydrogens (tertiary/aromatic N) is 2. The van der Waals surface area contributed by atoms with Crippen molar-refractivity contribution in [1.29, 1.82) is 0 Å². The predicted octanol–water partition coefficient (Wildman–Crippen LogP) is 2.33. The first kappa shape index (κ1) is 18.8. The second-order valence-electron chi connectivity index (χ2n) is 7.25. The number of halogens is 1. The van der Waals surface area contributed by atoms with Gasteiger partial charge < -0.3 is 4.74 Å². The average Bonchev–Trinajstić information content (AvgIpc) is 2.54. The second kappa shape index (κ2) is 7.31. The molecule has 0 N–H and O–H groups in total. The minimum absolute atomic E-state index is 0.0353. The Kier molecular flexibility index (Phi) is 5.48. The van der Waals surface area contributed by atoms with Crippen LogP contribution in [-0.2, 0) is 14.8 Å². The van der Waals surface area contributed by atoms with E-state index in [0.29, 0.717) is 31.1 Å². The maximum absolute atomic E-state index is 13.4. The van der Waals surface area contributed by atoms with Crippen molar-refractivity contribution in [3.05, 3.63) is 30.1 Å². The van der Waals surface area contributed by atoms with Gasteiger partial charge in [-0.2, -0.15) is 4.31 Å². The lowest BCUT2D eigenvalue weighted by Crippen LogP contribution is -2.66. The summed E-state index contributed by atoms with van der Waals surface area (Å²) in [5.74, 6) is -0.0963. The summed E-state index contributed by atoms with van der Waals surface area (Å²) in [7, 11) is -1.87. The predicted molar refractivity (Wildman–Crippen MR) is 94.3 cm³/mol. The van der Waals surface area contributed by atoms with Crippen molar-refractivity contribution >= 4 is 10.0 Å². The van der Waals surface area contributed by atoms with Gasteiger partial charge in [0, 0.05) is 38.8 Å². The lowest BCUT2D eigenvalue weighted by atomic mass is 9.80. The number of benzene rings is 1. The molecule has 0 aromatic heterocycles. The summed E-state index contributed by atoms with van der Waals surface area (Å²) in [5, 5.41) is 0. The molecule has 2 heterocycles. The van der Waals surface area contributed by atoms with Gasteiger partial charge in [0.05, 0.1) is 11.0 Å². The third-order valence-corrected chi connectivity index (χ3v) is 7.43. The number of piperidine rings is 1. The third-order valence-electron chi connectivity index (χ3n) is 5.54. The molecule has 7 heteroatoms. The highest BCUT2D eigenvalue weighted by molar-refractivity contribution is 7.89. The number of sulfonamides is 1. The van der Waals surface area contributed by atoms with Crippen LogP contribution in [0.3, 0.4) is 0 Å². The number of methoxy groups -OCH3 is 1. The van der Waals surface area contributed by atoms with Crippen molar-refractivity contribution < 1.29 is 17.5 Å². The first-order chi connectivity index (χ1) is 11.8. The van der Waals surface area contributed by atoms with Crippen LogP contribution in [0.4, 0.5) is 4.39 Å². The highest BCUT2D eigenvalue weighted by Crippen LogP contribution is 2.36. The van der Waals surface area contributed by atoms with Gasteiger partial charge in [-0.3, -0.25) is 4.90 Å². The molecule has 2 aliphatic heterocycles. The molecule has 0 radical (unpaired) electrons. The maximum Gasteiger partial charge on any atom is 0.243 e. The Bertz CT molecular complexity index is 702. The van der Waals surface area contributed by atoms with Crippen LogP contribution in [0.2, 0.25) is 0 Å². The molecule has 1 aromatic rings. The Hall–Kier alpha value is -1.02. The molecule has 0 bridgehead atoms. The summed E-state index contributed by atoms with van der Waals surface area (Å²) in [6.07, 6.45) is 1.85. The molecular weight excluding hydrogens is 343 g/mol. The van der Waals surface area contributed by atoms with Crippen LogP contribution >= 0.6 is 0 Å². The summed E-state index contributed by atoms with van der Waals surface area (Å²) in [4.78, 5) is 2.48. The first-order valence-corrected chi connectivity index (χ1v) is 10.3. The van der Waals surface area contributed by atoms with Gasteiger partial charge in [0.15, 0.2) is 0 Å². The van der Waals surface area contributed by atoms with Crippen LogP contribution in [0.15, 0.2) is 29.2 Å². The molecule has 2 saturated heterocycles. The highest BCUT2D eigenvalue weighted by atomic mass is 32.2. The van der Waals surface area contributed by atoms with Gasteiger partial charge in [-0.25, -0.2) is 12.8 Å².